The van der Waals surface area contributed by atoms with E-state index in [1.165, 1.54) is 24.9 Å². The van der Waals surface area contributed by atoms with Gasteiger partial charge in [0.25, 0.3) is 5.91 Å². The predicted molar refractivity (Wildman–Crippen MR) is 117 cm³/mol. The van der Waals surface area contributed by atoms with Gasteiger partial charge in [0, 0.05) is 34.1 Å². The molecule has 0 aliphatic carbocycles. The molecule has 1 aliphatic rings. The second-order valence-electron chi connectivity index (χ2n) is 6.96. The van der Waals surface area contributed by atoms with Gasteiger partial charge in [-0.25, -0.2) is 0 Å². The van der Waals surface area contributed by atoms with E-state index in [2.05, 4.69) is 34.5 Å². The van der Waals surface area contributed by atoms with E-state index in [-0.39, 0.29) is 5.91 Å². The van der Waals surface area contributed by atoms with Crippen LogP contribution in [0.2, 0.25) is 0 Å². The van der Waals surface area contributed by atoms with Gasteiger partial charge in [0.1, 0.15) is 0 Å². The molecule has 28 heavy (non-hydrogen) atoms. The Labute approximate surface area is 170 Å². The van der Waals surface area contributed by atoms with Crippen LogP contribution >= 0.6 is 11.8 Å². The molecule has 0 aromatic heterocycles. The maximum Gasteiger partial charge on any atom is 0.255 e. The highest BCUT2D eigenvalue weighted by Crippen LogP contribution is 2.33. The molecule has 1 amide bonds. The summed E-state index contributed by atoms with van der Waals surface area (Å²) in [6.45, 7) is 2.21. The molecule has 3 aromatic carbocycles. The van der Waals surface area contributed by atoms with Crippen LogP contribution in [0.25, 0.3) is 0 Å². The highest BCUT2D eigenvalue weighted by molar-refractivity contribution is 7.99. The molecule has 0 atom stereocenters. The highest BCUT2D eigenvalue weighted by Gasteiger charge is 2.13. The molecule has 0 unspecified atom stereocenters. The van der Waals surface area contributed by atoms with Crippen LogP contribution in [0.4, 0.5) is 11.4 Å². The fraction of sp³-hybridized carbons (Fsp3) is 0.208. The molecule has 1 saturated heterocycles. The molecule has 142 valence electrons. The van der Waals surface area contributed by atoms with Crippen molar-refractivity contribution in [2.75, 3.05) is 23.3 Å². The van der Waals surface area contributed by atoms with Gasteiger partial charge in [0.05, 0.1) is 5.69 Å². The first-order valence-corrected chi connectivity index (χ1v) is 10.6. The van der Waals surface area contributed by atoms with Gasteiger partial charge in [-0.2, -0.15) is 0 Å². The Balaban J connectivity index is 1.46. The molecule has 0 radical (unpaired) electrons. The molecule has 3 nitrogen and oxygen atoms in total. The molecule has 4 heteroatoms. The minimum atomic E-state index is -0.0775. The van der Waals surface area contributed by atoms with Crippen molar-refractivity contribution in [1.29, 1.82) is 0 Å². The first-order valence-electron chi connectivity index (χ1n) is 9.78. The maximum absolute atomic E-state index is 12.8. The first kappa shape index (κ1) is 18.6. The summed E-state index contributed by atoms with van der Waals surface area (Å²) in [4.78, 5) is 17.4. The predicted octanol–water partition coefficient (Wildman–Crippen LogP) is 6.08. The van der Waals surface area contributed by atoms with Crippen molar-refractivity contribution in [1.82, 2.24) is 0 Å². The van der Waals surface area contributed by atoms with Crippen molar-refractivity contribution in [3.63, 3.8) is 0 Å². The number of anilines is 2. The lowest BCUT2D eigenvalue weighted by Gasteiger charge is -2.28. The number of amides is 1. The molecule has 1 fully saturated rings. The number of hydrogen-bond acceptors (Lipinski definition) is 3. The van der Waals surface area contributed by atoms with Crippen molar-refractivity contribution < 1.29 is 4.79 Å². The fourth-order valence-electron chi connectivity index (χ4n) is 3.44. The summed E-state index contributed by atoms with van der Waals surface area (Å²) in [6.07, 6.45) is 3.81. The molecular formula is C24H24N2OS. The zero-order valence-electron chi connectivity index (χ0n) is 15.8. The lowest BCUT2D eigenvalue weighted by atomic mass is 10.1. The van der Waals surface area contributed by atoms with Gasteiger partial charge < -0.3 is 10.2 Å². The normalized spacial score (nSPS) is 13.9. The fourth-order valence-corrected chi connectivity index (χ4v) is 4.37. The van der Waals surface area contributed by atoms with Crippen LogP contribution in [-0.2, 0) is 0 Å². The Kier molecular flexibility index (Phi) is 5.98. The Morgan fingerprint density at radius 1 is 0.786 bits per heavy atom. The third-order valence-electron chi connectivity index (χ3n) is 4.96. The van der Waals surface area contributed by atoms with Crippen molar-refractivity contribution in [3.05, 3.63) is 84.4 Å². The van der Waals surface area contributed by atoms with Gasteiger partial charge in [-0.15, -0.1) is 0 Å². The third kappa shape index (κ3) is 4.57. The molecule has 0 spiro atoms. The zero-order chi connectivity index (χ0) is 19.2. The monoisotopic (exact) mass is 388 g/mol. The largest absolute Gasteiger partial charge is 0.372 e. The molecule has 1 N–H and O–H groups in total. The summed E-state index contributed by atoms with van der Waals surface area (Å²) in [7, 11) is 0. The number of nitrogens with zero attached hydrogens (tertiary/aromatic N) is 1. The number of hydrogen-bond donors (Lipinski definition) is 1. The summed E-state index contributed by atoms with van der Waals surface area (Å²) in [5.74, 6) is -0.0775. The van der Waals surface area contributed by atoms with E-state index in [0.29, 0.717) is 5.56 Å². The molecule has 0 saturated carbocycles. The van der Waals surface area contributed by atoms with Gasteiger partial charge in [-0.1, -0.05) is 42.1 Å². The number of piperidine rings is 1. The number of rotatable bonds is 5. The van der Waals surface area contributed by atoms with Gasteiger partial charge in [-0.05, 0) is 67.8 Å². The smallest absolute Gasteiger partial charge is 0.255 e. The van der Waals surface area contributed by atoms with Crippen LogP contribution in [0.3, 0.4) is 0 Å². The van der Waals surface area contributed by atoms with E-state index in [1.54, 1.807) is 11.8 Å². The van der Waals surface area contributed by atoms with Crippen LogP contribution in [0.5, 0.6) is 0 Å². The van der Waals surface area contributed by atoms with Crippen molar-refractivity contribution >= 4 is 29.0 Å². The van der Waals surface area contributed by atoms with Crippen LogP contribution in [-0.4, -0.2) is 19.0 Å². The second kappa shape index (κ2) is 8.98. The van der Waals surface area contributed by atoms with Crippen LogP contribution in [0, 0.1) is 0 Å². The van der Waals surface area contributed by atoms with E-state index in [1.807, 2.05) is 54.6 Å². The Morgan fingerprint density at radius 3 is 2.21 bits per heavy atom. The van der Waals surface area contributed by atoms with Gasteiger partial charge in [0.2, 0.25) is 0 Å². The van der Waals surface area contributed by atoms with Gasteiger partial charge >= 0.3 is 0 Å². The molecule has 4 rings (SSSR count). The van der Waals surface area contributed by atoms with E-state index in [4.69, 9.17) is 0 Å². The topological polar surface area (TPSA) is 32.3 Å². The van der Waals surface area contributed by atoms with Crippen LogP contribution in [0.15, 0.2) is 88.7 Å². The molecule has 1 aliphatic heterocycles. The quantitative estimate of drug-likeness (QED) is 0.575. The Morgan fingerprint density at radius 2 is 1.46 bits per heavy atom. The standard InChI is InChI=1S/C24H24N2OS/c27-24(19-13-15-20(16-14-19)26-17-7-2-8-18-26)25-22-11-5-6-12-23(22)28-21-9-3-1-4-10-21/h1,3-6,9-16H,2,7-8,17-18H2,(H,25,27). The van der Waals surface area contributed by atoms with Gasteiger partial charge in [-0.3, -0.25) is 4.79 Å². The minimum absolute atomic E-state index is 0.0775. The number of benzene rings is 3. The lowest BCUT2D eigenvalue weighted by Crippen LogP contribution is -2.29. The molecule has 1 heterocycles. The van der Waals surface area contributed by atoms with E-state index in [9.17, 15) is 4.79 Å². The number of nitrogens with one attached hydrogen (secondary N) is 1. The average molecular weight is 389 g/mol. The average Bonchev–Trinajstić information content (AvgIpc) is 2.76. The summed E-state index contributed by atoms with van der Waals surface area (Å²) in [5.41, 5.74) is 2.72. The van der Waals surface area contributed by atoms with Crippen LogP contribution in [0.1, 0.15) is 29.6 Å². The SMILES string of the molecule is O=C(Nc1ccccc1Sc1ccccc1)c1ccc(N2CCCCC2)cc1. The van der Waals surface area contributed by atoms with Crippen molar-refractivity contribution in [3.8, 4) is 0 Å². The lowest BCUT2D eigenvalue weighted by molar-refractivity contribution is 0.102. The summed E-state index contributed by atoms with van der Waals surface area (Å²) >= 11 is 1.65. The maximum atomic E-state index is 12.8. The summed E-state index contributed by atoms with van der Waals surface area (Å²) in [5, 5.41) is 3.07. The van der Waals surface area contributed by atoms with Crippen molar-refractivity contribution in [2.24, 2.45) is 0 Å². The molecule has 3 aromatic rings. The van der Waals surface area contributed by atoms with Gasteiger partial charge in [0.15, 0.2) is 0 Å². The van der Waals surface area contributed by atoms with E-state index >= 15 is 0 Å². The minimum Gasteiger partial charge on any atom is -0.372 e. The Hall–Kier alpha value is -2.72. The zero-order valence-corrected chi connectivity index (χ0v) is 16.6. The van der Waals surface area contributed by atoms with E-state index < -0.39 is 0 Å². The number of carbonyl (C=O) groups is 1. The summed E-state index contributed by atoms with van der Waals surface area (Å²) < 4.78 is 0. The number of para-hydroxylation sites is 1. The summed E-state index contributed by atoms with van der Waals surface area (Å²) in [6, 6.07) is 26.1. The number of carbonyl (C=O) groups excluding carboxylic acids is 1. The van der Waals surface area contributed by atoms with E-state index in [0.717, 1.165) is 28.6 Å². The van der Waals surface area contributed by atoms with Crippen LogP contribution < -0.4 is 10.2 Å². The Bertz CT molecular complexity index is 919. The molecular weight excluding hydrogens is 364 g/mol. The second-order valence-corrected chi connectivity index (χ2v) is 8.08. The molecule has 0 bridgehead atoms. The third-order valence-corrected chi connectivity index (χ3v) is 6.04. The highest BCUT2D eigenvalue weighted by atomic mass is 32.2. The van der Waals surface area contributed by atoms with Crippen molar-refractivity contribution in [2.45, 2.75) is 29.1 Å². The first-order chi connectivity index (χ1) is 13.8.